The van der Waals surface area contributed by atoms with Gasteiger partial charge in [-0.05, 0) is 57.1 Å². The molecule has 0 aliphatic heterocycles. The molecule has 0 aromatic heterocycles. The van der Waals surface area contributed by atoms with Gasteiger partial charge in [-0.2, -0.15) is 0 Å². The van der Waals surface area contributed by atoms with Crippen LogP contribution in [-0.4, -0.2) is 46.0 Å². The maximum atomic E-state index is 2.50. The Hall–Kier alpha value is 0.980. The van der Waals surface area contributed by atoms with Gasteiger partial charge in [0.2, 0.25) is 0 Å². The van der Waals surface area contributed by atoms with E-state index in [1.807, 2.05) is 94.1 Å². The Kier molecular flexibility index (Phi) is 24.7. The summed E-state index contributed by atoms with van der Waals surface area (Å²) in [6.07, 6.45) is 10.0. The molecule has 0 aliphatic carbocycles. The predicted octanol–water partition coefficient (Wildman–Crippen LogP) is 13.2. The van der Waals surface area contributed by atoms with Crippen LogP contribution in [0, 0.1) is 0 Å². The third-order valence-electron chi connectivity index (χ3n) is 5.26. The summed E-state index contributed by atoms with van der Waals surface area (Å²) in [5.74, 6) is 9.42. The quantitative estimate of drug-likeness (QED) is 0.116. The summed E-state index contributed by atoms with van der Waals surface area (Å²) in [6, 6.07) is 9.54. The number of thioether (sulfide) groups is 8. The first-order valence-corrected chi connectivity index (χ1v) is 22.4. The summed E-state index contributed by atoms with van der Waals surface area (Å²) in [5.41, 5.74) is 2.76. The first-order chi connectivity index (χ1) is 19.5. The first kappa shape index (κ1) is 39.0. The second kappa shape index (κ2) is 25.3. The minimum Gasteiger partial charge on any atom is -0.120 e. The summed E-state index contributed by atoms with van der Waals surface area (Å²) in [7, 11) is 0. The van der Waals surface area contributed by atoms with Gasteiger partial charge in [-0.3, -0.25) is 0 Å². The fourth-order valence-electron chi connectivity index (χ4n) is 3.70. The van der Waals surface area contributed by atoms with E-state index in [0.29, 0.717) is 0 Å². The molecule has 0 aliphatic rings. The third-order valence-corrected chi connectivity index (χ3v) is 13.8. The van der Waals surface area contributed by atoms with Crippen LogP contribution in [0.5, 0.6) is 0 Å². The zero-order chi connectivity index (χ0) is 29.6. The van der Waals surface area contributed by atoms with Gasteiger partial charge in [0.1, 0.15) is 0 Å². The predicted molar refractivity (Wildman–Crippen MR) is 209 cm³/mol. The number of hydrogen-bond donors (Lipinski definition) is 0. The first-order valence-electron chi connectivity index (χ1n) is 14.5. The largest absolute Gasteiger partial charge is 0.120 e. The van der Waals surface area contributed by atoms with Crippen LogP contribution < -0.4 is 0 Å². The maximum Gasteiger partial charge on any atom is 0.0369 e. The lowest BCUT2D eigenvalue weighted by molar-refractivity contribution is 1.05. The molecular formula is C32H50S8. The van der Waals surface area contributed by atoms with Crippen molar-refractivity contribution in [3.8, 4) is 0 Å². The number of benzene rings is 1. The van der Waals surface area contributed by atoms with Gasteiger partial charge in [-0.15, -0.1) is 94.1 Å². The summed E-state index contributed by atoms with van der Waals surface area (Å²) in [4.78, 5) is 0. The normalized spacial score (nSPS) is 11.1. The molecule has 0 saturated carbocycles. The standard InChI is InChI=1S/C32H50S8/c1-9-33-29(34-10-2)21-27(22-30(35-11-3)36-12-4)25-17-19-26(20-18-25)28(23-31(37-13-5)38-14-6)24-32(39-15-7)40-16-8/h17-24,27-28H,9-16H2,1-8H3. The second-order valence-electron chi connectivity index (χ2n) is 8.13. The molecule has 40 heavy (non-hydrogen) atoms. The second-order valence-corrected chi connectivity index (χ2v) is 19.6. The van der Waals surface area contributed by atoms with E-state index in [1.54, 1.807) is 0 Å². The Bertz CT molecular complexity index is 758. The molecular weight excluding hydrogens is 641 g/mol. The fourth-order valence-corrected chi connectivity index (χ4v) is 12.1. The van der Waals surface area contributed by atoms with E-state index in [0.717, 1.165) is 46.0 Å². The maximum absolute atomic E-state index is 2.50. The van der Waals surface area contributed by atoms with Crippen LogP contribution in [0.4, 0.5) is 0 Å². The SMILES string of the molecule is CCSC(=CC(C=C(SCC)SCC)c1ccc(C(C=C(SCC)SCC)C=C(SCC)SCC)cc1)SCC. The minimum absolute atomic E-state index is 0.281. The van der Waals surface area contributed by atoms with Crippen molar-refractivity contribution in [3.05, 3.63) is 76.6 Å². The molecule has 0 heterocycles. The molecule has 1 aromatic carbocycles. The molecule has 0 amide bonds. The van der Waals surface area contributed by atoms with Crippen molar-refractivity contribution in [2.24, 2.45) is 0 Å². The fraction of sp³-hybridized carbons (Fsp3) is 0.562. The monoisotopic (exact) mass is 690 g/mol. The van der Waals surface area contributed by atoms with Gasteiger partial charge in [0, 0.05) is 28.8 Å². The summed E-state index contributed by atoms with van der Waals surface area (Å²) in [6.45, 7) is 18.0. The van der Waals surface area contributed by atoms with Gasteiger partial charge in [0.25, 0.3) is 0 Å². The zero-order valence-corrected chi connectivity index (χ0v) is 32.2. The van der Waals surface area contributed by atoms with E-state index in [4.69, 9.17) is 0 Å². The Morgan fingerprint density at radius 1 is 0.400 bits per heavy atom. The highest BCUT2D eigenvalue weighted by molar-refractivity contribution is 8.23. The molecule has 0 radical (unpaired) electrons. The molecule has 1 rings (SSSR count). The van der Waals surface area contributed by atoms with Gasteiger partial charge in [-0.25, -0.2) is 0 Å². The van der Waals surface area contributed by atoms with Crippen LogP contribution in [0.2, 0.25) is 0 Å². The molecule has 226 valence electrons. The molecule has 0 N–H and O–H groups in total. The average molecular weight is 691 g/mol. The van der Waals surface area contributed by atoms with Crippen molar-refractivity contribution in [2.45, 2.75) is 67.2 Å². The molecule has 0 unspecified atom stereocenters. The zero-order valence-electron chi connectivity index (χ0n) is 25.7. The molecule has 0 saturated heterocycles. The number of hydrogen-bond acceptors (Lipinski definition) is 8. The molecule has 0 fully saturated rings. The Morgan fingerprint density at radius 3 is 0.725 bits per heavy atom. The molecule has 0 atom stereocenters. The lowest BCUT2D eigenvalue weighted by Gasteiger charge is -2.17. The van der Waals surface area contributed by atoms with Crippen LogP contribution in [0.25, 0.3) is 0 Å². The van der Waals surface area contributed by atoms with Crippen molar-refractivity contribution < 1.29 is 0 Å². The summed E-state index contributed by atoms with van der Waals surface area (Å²) < 4.78 is 5.77. The van der Waals surface area contributed by atoms with E-state index < -0.39 is 0 Å². The average Bonchev–Trinajstić information content (AvgIpc) is 2.93. The van der Waals surface area contributed by atoms with Crippen LogP contribution in [-0.2, 0) is 0 Å². The van der Waals surface area contributed by atoms with E-state index >= 15 is 0 Å². The lowest BCUT2D eigenvalue weighted by atomic mass is 9.94. The molecule has 0 nitrogen and oxygen atoms in total. The van der Waals surface area contributed by atoms with Crippen molar-refractivity contribution in [1.29, 1.82) is 0 Å². The number of allylic oxidation sites excluding steroid dienone is 4. The van der Waals surface area contributed by atoms with E-state index in [-0.39, 0.29) is 11.8 Å². The van der Waals surface area contributed by atoms with E-state index in [2.05, 4.69) is 104 Å². The Balaban J connectivity index is 3.62. The van der Waals surface area contributed by atoms with Gasteiger partial charge >= 0.3 is 0 Å². The molecule has 8 heteroatoms. The Labute approximate surface area is 281 Å². The van der Waals surface area contributed by atoms with Crippen LogP contribution >= 0.6 is 94.1 Å². The van der Waals surface area contributed by atoms with Crippen molar-refractivity contribution in [1.82, 2.24) is 0 Å². The minimum atomic E-state index is 0.281. The topological polar surface area (TPSA) is 0 Å². The summed E-state index contributed by atoms with van der Waals surface area (Å²) in [5, 5.41) is 0. The van der Waals surface area contributed by atoms with E-state index in [1.165, 1.54) is 28.1 Å². The molecule has 0 spiro atoms. The smallest absolute Gasteiger partial charge is 0.0369 e. The van der Waals surface area contributed by atoms with Gasteiger partial charge in [-0.1, -0.05) is 104 Å². The van der Waals surface area contributed by atoms with E-state index in [9.17, 15) is 0 Å². The van der Waals surface area contributed by atoms with Gasteiger partial charge in [0.05, 0.1) is 0 Å². The third kappa shape index (κ3) is 16.2. The van der Waals surface area contributed by atoms with Crippen LogP contribution in [0.1, 0.15) is 78.4 Å². The molecule has 0 bridgehead atoms. The van der Waals surface area contributed by atoms with Crippen molar-refractivity contribution >= 4 is 94.1 Å². The Morgan fingerprint density at radius 2 is 0.575 bits per heavy atom. The highest BCUT2D eigenvalue weighted by atomic mass is 32.2. The number of rotatable bonds is 22. The van der Waals surface area contributed by atoms with Crippen LogP contribution in [0.15, 0.2) is 65.5 Å². The van der Waals surface area contributed by atoms with Crippen LogP contribution in [0.3, 0.4) is 0 Å². The van der Waals surface area contributed by atoms with Gasteiger partial charge in [0.15, 0.2) is 0 Å². The van der Waals surface area contributed by atoms with Gasteiger partial charge < -0.3 is 0 Å². The van der Waals surface area contributed by atoms with Crippen molar-refractivity contribution in [3.63, 3.8) is 0 Å². The highest BCUT2D eigenvalue weighted by Gasteiger charge is 2.15. The summed E-state index contributed by atoms with van der Waals surface area (Å²) >= 11 is 15.8. The molecule has 1 aromatic rings. The lowest BCUT2D eigenvalue weighted by Crippen LogP contribution is -1.98. The van der Waals surface area contributed by atoms with Crippen molar-refractivity contribution in [2.75, 3.05) is 46.0 Å². The highest BCUT2D eigenvalue weighted by Crippen LogP contribution is 2.39.